The first-order valence-electron chi connectivity index (χ1n) is 12.3. The molecule has 0 aliphatic heterocycles. The average Bonchev–Trinajstić information content (AvgIpc) is 3.48. The quantitative estimate of drug-likeness (QED) is 0.139. The Morgan fingerprint density at radius 1 is 0.868 bits per heavy atom. The highest BCUT2D eigenvalue weighted by Gasteiger charge is 2.23. The van der Waals surface area contributed by atoms with Crippen LogP contribution in [-0.4, -0.2) is 77.7 Å². The molecule has 0 fully saturated rings. The molecule has 10 nitrogen and oxygen atoms in total. The van der Waals surface area contributed by atoms with Crippen LogP contribution in [0.1, 0.15) is 11.1 Å². The van der Waals surface area contributed by atoms with Gasteiger partial charge < -0.3 is 40.3 Å². The molecule has 0 unspecified atom stereocenters. The highest BCUT2D eigenvalue weighted by Crippen LogP contribution is 2.25. The number of hydrogen-bond donors (Lipinski definition) is 6. The average molecular weight is 527 g/mol. The molecule has 0 aliphatic carbocycles. The van der Waals surface area contributed by atoms with Gasteiger partial charge in [-0.1, -0.05) is 0 Å². The summed E-state index contributed by atoms with van der Waals surface area (Å²) in [6.07, 6.45) is 3.65. The number of aromatic hydroxyl groups is 2. The molecule has 2 heterocycles. The smallest absolute Gasteiger partial charge is 0.243 e. The van der Waals surface area contributed by atoms with Crippen molar-refractivity contribution in [2.75, 3.05) is 39.6 Å². The van der Waals surface area contributed by atoms with Crippen molar-refractivity contribution in [1.29, 1.82) is 0 Å². The predicted octanol–water partition coefficient (Wildman–Crippen LogP) is 2.45. The number of halogens is 1. The molecule has 0 bridgehead atoms. The number of H-pyrrole nitrogens is 2. The Bertz CT molecular complexity index is 1380. The number of benzene rings is 2. The zero-order valence-electron chi connectivity index (χ0n) is 20.8. The van der Waals surface area contributed by atoms with Gasteiger partial charge in [0.05, 0.1) is 32.8 Å². The number of nitrogens with one attached hydrogen (secondary N) is 4. The summed E-state index contributed by atoms with van der Waals surface area (Å²) in [5, 5.41) is 26.8. The van der Waals surface area contributed by atoms with Gasteiger partial charge in [0, 0.05) is 47.2 Å². The lowest BCUT2D eigenvalue weighted by molar-refractivity contribution is -0.128. The van der Waals surface area contributed by atoms with Crippen molar-refractivity contribution in [3.8, 4) is 11.5 Å². The van der Waals surface area contributed by atoms with Crippen LogP contribution in [-0.2, 0) is 31.9 Å². The van der Waals surface area contributed by atoms with Crippen LogP contribution < -0.4 is 10.6 Å². The van der Waals surface area contributed by atoms with E-state index in [9.17, 15) is 24.2 Å². The van der Waals surface area contributed by atoms with Crippen molar-refractivity contribution in [1.82, 2.24) is 20.6 Å². The Kier molecular flexibility index (Phi) is 9.17. The minimum atomic E-state index is -0.893. The fourth-order valence-corrected chi connectivity index (χ4v) is 4.24. The molecule has 11 heteroatoms. The lowest BCUT2D eigenvalue weighted by atomic mass is 10.0. The molecule has 0 radical (unpaired) electrons. The van der Waals surface area contributed by atoms with Crippen molar-refractivity contribution >= 4 is 33.6 Å². The molecule has 4 aromatic rings. The van der Waals surface area contributed by atoms with Crippen LogP contribution in [0.3, 0.4) is 0 Å². The first kappa shape index (κ1) is 27.0. The minimum absolute atomic E-state index is 0.00387. The van der Waals surface area contributed by atoms with Crippen molar-refractivity contribution in [2.24, 2.45) is 0 Å². The Hall–Kier alpha value is -4.09. The molecule has 2 aromatic heterocycles. The fraction of sp³-hybridized carbons (Fsp3) is 0.333. The molecule has 0 spiro atoms. The standard InChI is InChI=1S/C27H31FN4O6/c28-5-7-37-9-10-38-8-6-29-27(36)25(11-17-15-30-23-3-1-19(33)13-21(17)23)32-26(35)12-18-16-31-24-4-2-20(34)14-22(18)24/h1-4,13-16,25,30-31,33-34H,5-12H2,(H,29,36)(H,32,35)/t25-/m0/s1. The lowest BCUT2D eigenvalue weighted by Crippen LogP contribution is -2.49. The van der Waals surface area contributed by atoms with Gasteiger partial charge >= 0.3 is 0 Å². The molecule has 202 valence electrons. The number of aromatic nitrogens is 2. The van der Waals surface area contributed by atoms with E-state index in [2.05, 4.69) is 20.6 Å². The van der Waals surface area contributed by atoms with Gasteiger partial charge in [-0.3, -0.25) is 9.59 Å². The van der Waals surface area contributed by atoms with E-state index in [4.69, 9.17) is 9.47 Å². The second kappa shape index (κ2) is 12.9. The summed E-state index contributed by atoms with van der Waals surface area (Å²) in [5.74, 6) is -0.562. The molecule has 0 saturated carbocycles. The molecule has 0 saturated heterocycles. The Labute approximate surface area is 218 Å². The van der Waals surface area contributed by atoms with Gasteiger partial charge in [0.25, 0.3) is 0 Å². The number of hydrogen-bond acceptors (Lipinski definition) is 6. The van der Waals surface area contributed by atoms with Gasteiger partial charge in [0.1, 0.15) is 24.2 Å². The summed E-state index contributed by atoms with van der Waals surface area (Å²) in [7, 11) is 0. The second-order valence-corrected chi connectivity index (χ2v) is 8.79. The SMILES string of the molecule is O=C(Cc1c[nH]c2ccc(O)cc12)N[C@@H](Cc1c[nH]c2ccc(O)cc12)C(=O)NCCOCCOCCF. The monoisotopic (exact) mass is 526 g/mol. The van der Waals surface area contributed by atoms with Crippen LogP contribution >= 0.6 is 0 Å². The number of carbonyl (C=O) groups is 2. The van der Waals surface area contributed by atoms with Crippen LogP contribution in [0.15, 0.2) is 48.8 Å². The van der Waals surface area contributed by atoms with E-state index >= 15 is 0 Å². The maximum Gasteiger partial charge on any atom is 0.243 e. The number of carbonyl (C=O) groups excluding carboxylic acids is 2. The van der Waals surface area contributed by atoms with Gasteiger partial charge in [-0.15, -0.1) is 0 Å². The van der Waals surface area contributed by atoms with E-state index < -0.39 is 12.7 Å². The Balaban J connectivity index is 1.41. The van der Waals surface area contributed by atoms with Crippen molar-refractivity contribution in [2.45, 2.75) is 18.9 Å². The fourth-order valence-electron chi connectivity index (χ4n) is 4.24. The predicted molar refractivity (Wildman–Crippen MR) is 140 cm³/mol. The topological polar surface area (TPSA) is 149 Å². The highest BCUT2D eigenvalue weighted by molar-refractivity contribution is 5.93. The maximum atomic E-state index is 13.1. The van der Waals surface area contributed by atoms with E-state index in [0.29, 0.717) is 5.56 Å². The Morgan fingerprint density at radius 3 is 2.13 bits per heavy atom. The van der Waals surface area contributed by atoms with E-state index in [-0.39, 0.29) is 69.1 Å². The number of alkyl halides is 1. The molecule has 2 aromatic carbocycles. The first-order valence-corrected chi connectivity index (χ1v) is 12.3. The molecule has 38 heavy (non-hydrogen) atoms. The summed E-state index contributed by atoms with van der Waals surface area (Å²) in [6.45, 7) is 0.440. The van der Waals surface area contributed by atoms with Gasteiger partial charge in [-0.05, 0) is 47.5 Å². The minimum Gasteiger partial charge on any atom is -0.508 e. The van der Waals surface area contributed by atoms with E-state index in [1.54, 1.807) is 48.8 Å². The normalized spacial score (nSPS) is 12.1. The van der Waals surface area contributed by atoms with Crippen LogP contribution in [0, 0.1) is 0 Å². The van der Waals surface area contributed by atoms with Gasteiger partial charge in [-0.25, -0.2) is 4.39 Å². The largest absolute Gasteiger partial charge is 0.508 e. The van der Waals surface area contributed by atoms with Gasteiger partial charge in [0.2, 0.25) is 11.8 Å². The number of phenols is 2. The van der Waals surface area contributed by atoms with Crippen molar-refractivity contribution < 1.29 is 33.7 Å². The number of fused-ring (bicyclic) bond motifs is 2. The molecule has 1 atom stereocenters. The number of aromatic amines is 2. The van der Waals surface area contributed by atoms with Crippen molar-refractivity contribution in [3.63, 3.8) is 0 Å². The molecular weight excluding hydrogens is 495 g/mol. The lowest BCUT2D eigenvalue weighted by Gasteiger charge is -2.18. The summed E-state index contributed by atoms with van der Waals surface area (Å²) in [5.41, 5.74) is 3.03. The Morgan fingerprint density at radius 2 is 1.47 bits per heavy atom. The molecule has 0 aliphatic rings. The van der Waals surface area contributed by atoms with Crippen LogP contribution in [0.5, 0.6) is 11.5 Å². The number of amides is 2. The number of phenolic OH excluding ortho intramolecular Hbond substituents is 2. The van der Waals surface area contributed by atoms with Gasteiger partial charge in [0.15, 0.2) is 0 Å². The number of rotatable bonds is 14. The second-order valence-electron chi connectivity index (χ2n) is 8.79. The molecule has 6 N–H and O–H groups in total. The van der Waals surface area contributed by atoms with Crippen LogP contribution in [0.4, 0.5) is 4.39 Å². The third kappa shape index (κ3) is 7.02. The molecule has 4 rings (SSSR count). The molecule has 2 amide bonds. The summed E-state index contributed by atoms with van der Waals surface area (Å²) >= 11 is 0. The maximum absolute atomic E-state index is 13.1. The zero-order valence-corrected chi connectivity index (χ0v) is 20.8. The van der Waals surface area contributed by atoms with E-state index in [0.717, 1.165) is 27.4 Å². The van der Waals surface area contributed by atoms with E-state index in [1.807, 2.05) is 0 Å². The number of ether oxygens (including phenoxy) is 2. The van der Waals surface area contributed by atoms with Crippen LogP contribution in [0.2, 0.25) is 0 Å². The van der Waals surface area contributed by atoms with E-state index in [1.165, 1.54) is 0 Å². The first-order chi connectivity index (χ1) is 18.4. The third-order valence-electron chi connectivity index (χ3n) is 6.07. The summed E-state index contributed by atoms with van der Waals surface area (Å²) < 4.78 is 22.4. The summed E-state index contributed by atoms with van der Waals surface area (Å²) in [4.78, 5) is 32.3. The van der Waals surface area contributed by atoms with Crippen molar-refractivity contribution in [3.05, 3.63) is 59.9 Å². The molecular formula is C27H31FN4O6. The summed E-state index contributed by atoms with van der Waals surface area (Å²) in [6, 6.07) is 8.89. The third-order valence-corrected chi connectivity index (χ3v) is 6.07. The zero-order chi connectivity index (χ0) is 26.9. The van der Waals surface area contributed by atoms with Crippen LogP contribution in [0.25, 0.3) is 21.8 Å². The van der Waals surface area contributed by atoms with Gasteiger partial charge in [-0.2, -0.15) is 0 Å². The highest BCUT2D eigenvalue weighted by atomic mass is 19.1.